The van der Waals surface area contributed by atoms with E-state index in [4.69, 9.17) is 0 Å². The Kier molecular flexibility index (Phi) is 6.26. The van der Waals surface area contributed by atoms with E-state index in [0.717, 1.165) is 52.7 Å². The summed E-state index contributed by atoms with van der Waals surface area (Å²) in [6.07, 6.45) is 6.10. The molecule has 0 saturated heterocycles. The van der Waals surface area contributed by atoms with E-state index in [1.807, 2.05) is 44.4 Å². The zero-order valence-electron chi connectivity index (χ0n) is 16.8. The lowest BCUT2D eigenvalue weighted by atomic mass is 10.0. The highest BCUT2D eigenvalue weighted by atomic mass is 15.2. The molecule has 0 spiro atoms. The number of nitriles is 1. The van der Waals surface area contributed by atoms with Crippen LogP contribution in [0.1, 0.15) is 54.2 Å². The number of fused-ring (bicyclic) bond motifs is 1. The first-order valence-corrected chi connectivity index (χ1v) is 9.68. The minimum absolute atomic E-state index is 0. The van der Waals surface area contributed by atoms with Gasteiger partial charge in [0.2, 0.25) is 0 Å². The fourth-order valence-corrected chi connectivity index (χ4v) is 3.60. The van der Waals surface area contributed by atoms with Crippen molar-refractivity contribution in [2.75, 3.05) is 16.8 Å². The van der Waals surface area contributed by atoms with Crippen LogP contribution in [0.5, 0.6) is 0 Å². The lowest BCUT2D eigenvalue weighted by Gasteiger charge is -2.32. The Balaban J connectivity index is 0.00000256. The molecule has 4 rings (SSSR count). The van der Waals surface area contributed by atoms with Crippen LogP contribution in [0, 0.1) is 25.2 Å². The number of nitrogens with zero attached hydrogens (tertiary/aromatic N) is 6. The second-order valence-corrected chi connectivity index (χ2v) is 7.38. The number of aromatic nitrogens is 4. The molecule has 1 N–H and O–H groups in total. The minimum atomic E-state index is 0. The van der Waals surface area contributed by atoms with Crippen LogP contribution in [-0.2, 0) is 13.0 Å². The van der Waals surface area contributed by atoms with Crippen molar-refractivity contribution in [2.45, 2.75) is 47.2 Å². The third-order valence-corrected chi connectivity index (χ3v) is 5.27. The molecule has 0 radical (unpaired) electrons. The van der Waals surface area contributed by atoms with Crippen molar-refractivity contribution in [1.82, 2.24) is 19.9 Å². The topological polar surface area (TPSA) is 90.6 Å². The molecule has 0 saturated carbocycles. The first-order valence-electron chi connectivity index (χ1n) is 9.68. The molecule has 1 aliphatic rings. The van der Waals surface area contributed by atoms with Gasteiger partial charge in [0.15, 0.2) is 0 Å². The van der Waals surface area contributed by atoms with Crippen molar-refractivity contribution in [2.24, 2.45) is 0 Å². The smallest absolute Gasteiger partial charge is 0.135 e. The van der Waals surface area contributed by atoms with Crippen molar-refractivity contribution < 1.29 is 0 Å². The van der Waals surface area contributed by atoms with Gasteiger partial charge >= 0.3 is 0 Å². The van der Waals surface area contributed by atoms with Crippen LogP contribution in [0.15, 0.2) is 36.9 Å². The molecule has 7 nitrogen and oxygen atoms in total. The summed E-state index contributed by atoms with van der Waals surface area (Å²) in [5.74, 6) is 1.57. The first kappa shape index (κ1) is 21.2. The average Bonchev–Trinajstić information content (AvgIpc) is 2.74. The van der Waals surface area contributed by atoms with Crippen LogP contribution in [0.2, 0.25) is 0 Å². The Labute approximate surface area is 177 Å². The van der Waals surface area contributed by atoms with Gasteiger partial charge in [-0.1, -0.05) is 13.5 Å². The van der Waals surface area contributed by atoms with Gasteiger partial charge < -0.3 is 10.2 Å². The molecule has 1 atom stereocenters. The van der Waals surface area contributed by atoms with E-state index in [-0.39, 0.29) is 13.5 Å². The van der Waals surface area contributed by atoms with Crippen molar-refractivity contribution in [1.29, 1.82) is 5.26 Å². The summed E-state index contributed by atoms with van der Waals surface area (Å²) in [5.41, 5.74) is 5.87. The Morgan fingerprint density at radius 1 is 1.13 bits per heavy atom. The molecule has 1 aromatic carbocycles. The predicted octanol–water partition coefficient (Wildman–Crippen LogP) is 4.13. The molecule has 0 unspecified atom stereocenters. The van der Waals surface area contributed by atoms with Crippen molar-refractivity contribution >= 4 is 11.5 Å². The molecule has 0 fully saturated rings. The summed E-state index contributed by atoms with van der Waals surface area (Å²) in [7, 11) is 0. The maximum atomic E-state index is 9.56. The van der Waals surface area contributed by atoms with Crippen LogP contribution in [0.25, 0.3) is 0 Å². The zero-order chi connectivity index (χ0) is 20.4. The van der Waals surface area contributed by atoms with E-state index in [1.54, 1.807) is 6.33 Å². The average molecular weight is 402 g/mol. The second kappa shape index (κ2) is 8.87. The maximum absolute atomic E-state index is 9.56. The quantitative estimate of drug-likeness (QED) is 0.703. The number of hydrogen-bond acceptors (Lipinski definition) is 7. The highest BCUT2D eigenvalue weighted by Crippen LogP contribution is 2.30. The number of aryl methyl sites for hydroxylation is 2. The molecule has 3 heterocycles. The van der Waals surface area contributed by atoms with Crippen molar-refractivity contribution in [3.63, 3.8) is 0 Å². The molecule has 0 aliphatic carbocycles. The highest BCUT2D eigenvalue weighted by molar-refractivity contribution is 5.62. The summed E-state index contributed by atoms with van der Waals surface area (Å²) in [6, 6.07) is 8.35. The fourth-order valence-electron chi connectivity index (χ4n) is 3.60. The zero-order valence-corrected chi connectivity index (χ0v) is 16.8. The Morgan fingerprint density at radius 3 is 2.63 bits per heavy atom. The molecule has 0 bridgehead atoms. The van der Waals surface area contributed by atoms with Crippen LogP contribution in [0.4, 0.5) is 11.5 Å². The maximum Gasteiger partial charge on any atom is 0.135 e. The summed E-state index contributed by atoms with van der Waals surface area (Å²) >= 11 is 0. The van der Waals surface area contributed by atoms with E-state index in [1.165, 1.54) is 0 Å². The van der Waals surface area contributed by atoms with Crippen molar-refractivity contribution in [3.8, 4) is 6.07 Å². The van der Waals surface area contributed by atoms with E-state index < -0.39 is 0 Å². The van der Waals surface area contributed by atoms with Crippen molar-refractivity contribution in [3.05, 3.63) is 70.7 Å². The summed E-state index contributed by atoms with van der Waals surface area (Å²) < 4.78 is 0. The molecule has 7 heteroatoms. The normalized spacial score (nSPS) is 13.6. The van der Waals surface area contributed by atoms with Crippen LogP contribution in [0.3, 0.4) is 0 Å². The third kappa shape index (κ3) is 4.23. The molecular formula is C23H27N7. The number of anilines is 2. The lowest BCUT2D eigenvalue weighted by Crippen LogP contribution is -2.32. The van der Waals surface area contributed by atoms with Crippen LogP contribution < -0.4 is 10.2 Å². The lowest BCUT2D eigenvalue weighted by molar-refractivity contribution is 0.702. The van der Waals surface area contributed by atoms with Gasteiger partial charge in [-0.15, -0.1) is 0 Å². The third-order valence-electron chi connectivity index (χ3n) is 5.27. The van der Waals surface area contributed by atoms with Gasteiger partial charge in [0, 0.05) is 43.0 Å². The van der Waals surface area contributed by atoms with E-state index in [2.05, 4.69) is 43.1 Å². The highest BCUT2D eigenvalue weighted by Gasteiger charge is 2.23. The van der Waals surface area contributed by atoms with E-state index in [9.17, 15) is 5.26 Å². The molecule has 1 aliphatic heterocycles. The molecule has 3 aromatic rings. The molecule has 0 amide bonds. The number of benzene rings is 1. The second-order valence-electron chi connectivity index (χ2n) is 7.38. The SMILES string of the molecule is C.Cc1ccc(N2CCc3ncnc(N[C@@H](C)c4cnc(C)nc4)c3C2)c(C#N)c1. The van der Waals surface area contributed by atoms with Gasteiger partial charge in [0.1, 0.15) is 24.0 Å². The van der Waals surface area contributed by atoms with Gasteiger partial charge in [-0.3, -0.25) is 0 Å². The van der Waals surface area contributed by atoms with Crippen LogP contribution >= 0.6 is 0 Å². The van der Waals surface area contributed by atoms with Gasteiger partial charge in [0.25, 0.3) is 0 Å². The standard InChI is InChI=1S/C22H23N7.CH4/c1-14-4-5-21(17(8-14)9-23)29-7-6-20-19(12-29)22(27-13-26-20)28-15(2)18-10-24-16(3)25-11-18;/h4-5,8,10-11,13,15H,6-7,12H2,1-3H3,(H,26,27,28);1H4/t15-;/m0./s1. The van der Waals surface area contributed by atoms with E-state index in [0.29, 0.717) is 12.1 Å². The summed E-state index contributed by atoms with van der Waals surface area (Å²) in [4.78, 5) is 19.8. The molecule has 154 valence electrons. The summed E-state index contributed by atoms with van der Waals surface area (Å²) in [5, 5.41) is 13.1. The molecule has 2 aromatic heterocycles. The summed E-state index contributed by atoms with van der Waals surface area (Å²) in [6.45, 7) is 7.42. The number of hydrogen-bond donors (Lipinski definition) is 1. The van der Waals surface area contributed by atoms with Gasteiger partial charge in [-0.05, 0) is 38.5 Å². The minimum Gasteiger partial charge on any atom is -0.366 e. The van der Waals surface area contributed by atoms with Gasteiger partial charge in [0.05, 0.1) is 23.0 Å². The molecular weight excluding hydrogens is 374 g/mol. The number of nitrogens with one attached hydrogen (secondary N) is 1. The Hall–Kier alpha value is -3.53. The Morgan fingerprint density at radius 2 is 1.90 bits per heavy atom. The number of rotatable bonds is 4. The van der Waals surface area contributed by atoms with E-state index >= 15 is 0 Å². The van der Waals surface area contributed by atoms with Gasteiger partial charge in [-0.25, -0.2) is 19.9 Å². The fraction of sp³-hybridized carbons (Fsp3) is 0.348. The largest absolute Gasteiger partial charge is 0.366 e. The van der Waals surface area contributed by atoms with Crippen LogP contribution in [-0.4, -0.2) is 26.5 Å². The first-order chi connectivity index (χ1) is 14.0. The molecule has 30 heavy (non-hydrogen) atoms. The predicted molar refractivity (Wildman–Crippen MR) is 118 cm³/mol. The van der Waals surface area contributed by atoms with Gasteiger partial charge in [-0.2, -0.15) is 5.26 Å². The monoisotopic (exact) mass is 401 g/mol. The Bertz CT molecular complexity index is 1070.